The van der Waals surface area contributed by atoms with Gasteiger partial charge in [0.1, 0.15) is 0 Å². The van der Waals surface area contributed by atoms with Gasteiger partial charge in [0.2, 0.25) is 0 Å². The van der Waals surface area contributed by atoms with Gasteiger partial charge in [0.25, 0.3) is 0 Å². The second-order valence-corrected chi connectivity index (χ2v) is 9.68. The number of ether oxygens (including phenoxy) is 3. The van der Waals surface area contributed by atoms with Crippen molar-refractivity contribution in [1.29, 1.82) is 0 Å². The summed E-state index contributed by atoms with van der Waals surface area (Å²) in [5, 5.41) is 10.7. The Hall–Kier alpha value is -0.760. The average molecular weight is 387 g/mol. The van der Waals surface area contributed by atoms with Gasteiger partial charge in [0.15, 0.2) is 12.4 Å². The van der Waals surface area contributed by atoms with E-state index in [4.69, 9.17) is 14.2 Å². The molecule has 6 atom stereocenters. The van der Waals surface area contributed by atoms with E-state index in [0.717, 1.165) is 19.3 Å². The summed E-state index contributed by atoms with van der Waals surface area (Å²) in [5.41, 5.74) is -0.362. The lowest BCUT2D eigenvalue weighted by atomic mass is 9.70. The van der Waals surface area contributed by atoms with Crippen LogP contribution >= 0.6 is 0 Å². The van der Waals surface area contributed by atoms with Crippen molar-refractivity contribution in [2.24, 2.45) is 16.7 Å². The number of methoxy groups -OCH3 is 1. The molecule has 3 rings (SSSR count). The van der Waals surface area contributed by atoms with Gasteiger partial charge in [-0.25, -0.2) is 4.79 Å². The standard InChI is InChI=1S/C19H30O6S/c1-5-24-17(21)14-9-13(10-16(23-4)25-14)26(22)11-19-7-6-12(8-15(19)20)18(19,2)3/h10,12,14-16,20H,5-9,11H2,1-4H3/t12-,14-,15-,16-,19-,26?/m0/s1. The van der Waals surface area contributed by atoms with Gasteiger partial charge in [-0.05, 0) is 43.6 Å². The quantitative estimate of drug-likeness (QED) is 0.704. The Balaban J connectivity index is 1.78. The number of aliphatic hydroxyl groups is 1. The van der Waals surface area contributed by atoms with Gasteiger partial charge >= 0.3 is 5.97 Å². The van der Waals surface area contributed by atoms with Crippen LogP contribution in [0.15, 0.2) is 11.0 Å². The van der Waals surface area contributed by atoms with Crippen molar-refractivity contribution in [2.75, 3.05) is 19.5 Å². The van der Waals surface area contributed by atoms with E-state index in [1.165, 1.54) is 7.11 Å². The third kappa shape index (κ3) is 3.17. The first-order chi connectivity index (χ1) is 12.2. The molecule has 2 bridgehead atoms. The molecule has 0 saturated heterocycles. The van der Waals surface area contributed by atoms with Crippen LogP contribution in [0, 0.1) is 16.7 Å². The van der Waals surface area contributed by atoms with Gasteiger partial charge in [-0.2, -0.15) is 0 Å². The molecule has 0 amide bonds. The van der Waals surface area contributed by atoms with E-state index in [9.17, 15) is 14.1 Å². The van der Waals surface area contributed by atoms with Gasteiger partial charge in [0, 0.05) is 40.4 Å². The second kappa shape index (κ2) is 7.34. The van der Waals surface area contributed by atoms with Crippen LogP contribution in [0.5, 0.6) is 0 Å². The number of aliphatic hydroxyl groups excluding tert-OH is 1. The summed E-state index contributed by atoms with van der Waals surface area (Å²) in [6.07, 6.45) is 2.76. The fourth-order valence-corrected chi connectivity index (χ4v) is 6.99. The Kier molecular flexibility index (Phi) is 5.64. The molecule has 148 valence electrons. The molecule has 3 aliphatic rings. The van der Waals surface area contributed by atoms with E-state index < -0.39 is 35.3 Å². The third-order valence-electron chi connectivity index (χ3n) is 6.86. The Morgan fingerprint density at radius 3 is 2.73 bits per heavy atom. The summed E-state index contributed by atoms with van der Waals surface area (Å²) < 4.78 is 29.1. The monoisotopic (exact) mass is 386 g/mol. The first-order valence-corrected chi connectivity index (χ1v) is 10.7. The van der Waals surface area contributed by atoms with Crippen molar-refractivity contribution < 1.29 is 28.3 Å². The van der Waals surface area contributed by atoms with E-state index in [2.05, 4.69) is 13.8 Å². The largest absolute Gasteiger partial charge is 0.464 e. The van der Waals surface area contributed by atoms with Crippen molar-refractivity contribution >= 4 is 16.8 Å². The minimum absolute atomic E-state index is 0.0327. The van der Waals surface area contributed by atoms with E-state index in [1.54, 1.807) is 13.0 Å². The molecule has 0 spiro atoms. The summed E-state index contributed by atoms with van der Waals surface area (Å²) in [6, 6.07) is 0. The summed E-state index contributed by atoms with van der Waals surface area (Å²) >= 11 is 0. The summed E-state index contributed by atoms with van der Waals surface area (Å²) in [6.45, 7) is 6.39. The van der Waals surface area contributed by atoms with Crippen LogP contribution in [0.3, 0.4) is 0 Å². The van der Waals surface area contributed by atoms with Gasteiger partial charge in [-0.15, -0.1) is 0 Å². The Bertz CT molecular complexity index is 615. The topological polar surface area (TPSA) is 82.1 Å². The first-order valence-electron chi connectivity index (χ1n) is 9.37. The highest BCUT2D eigenvalue weighted by molar-refractivity contribution is 7.89. The Morgan fingerprint density at radius 1 is 1.46 bits per heavy atom. The van der Waals surface area contributed by atoms with Crippen LogP contribution < -0.4 is 0 Å². The molecule has 0 aromatic heterocycles. The maximum Gasteiger partial charge on any atom is 0.335 e. The van der Waals surface area contributed by atoms with E-state index in [0.29, 0.717) is 16.6 Å². The summed E-state index contributed by atoms with van der Waals surface area (Å²) in [5.74, 6) is 0.435. The minimum atomic E-state index is -1.31. The molecule has 1 N–H and O–H groups in total. The zero-order valence-corrected chi connectivity index (χ0v) is 16.8. The van der Waals surface area contributed by atoms with Crippen LogP contribution in [-0.2, 0) is 29.8 Å². The SMILES string of the molecule is CCOC(=O)[C@@H]1CC(S(=O)C[C@@]23CC[C@@H](C[C@@H]2O)C3(C)C)=C[C@@H](OC)O1. The fourth-order valence-electron chi connectivity index (χ4n) is 5.02. The van der Waals surface area contributed by atoms with Crippen LogP contribution in [0.4, 0.5) is 0 Å². The van der Waals surface area contributed by atoms with Crippen molar-refractivity contribution in [3.8, 4) is 0 Å². The number of esters is 1. The highest BCUT2D eigenvalue weighted by Crippen LogP contribution is 2.66. The molecule has 2 saturated carbocycles. The first kappa shape index (κ1) is 20.0. The average Bonchev–Trinajstić information content (AvgIpc) is 2.96. The molecular weight excluding hydrogens is 356 g/mol. The number of rotatable bonds is 6. The van der Waals surface area contributed by atoms with Crippen molar-refractivity contribution in [2.45, 2.75) is 65.0 Å². The minimum Gasteiger partial charge on any atom is -0.464 e. The number of carbonyl (C=O) groups excluding carboxylic acids is 1. The summed E-state index contributed by atoms with van der Waals surface area (Å²) in [4.78, 5) is 12.7. The molecule has 2 aliphatic carbocycles. The predicted molar refractivity (Wildman–Crippen MR) is 97.6 cm³/mol. The molecule has 7 heteroatoms. The third-order valence-corrected chi connectivity index (χ3v) is 8.52. The lowest BCUT2D eigenvalue weighted by Gasteiger charge is -2.40. The van der Waals surface area contributed by atoms with Crippen LogP contribution in [0.2, 0.25) is 0 Å². The Morgan fingerprint density at radius 2 is 2.19 bits per heavy atom. The molecule has 1 unspecified atom stereocenters. The number of hydrogen-bond acceptors (Lipinski definition) is 6. The molecule has 1 aliphatic heterocycles. The van der Waals surface area contributed by atoms with Crippen LogP contribution in [0.25, 0.3) is 0 Å². The van der Waals surface area contributed by atoms with Gasteiger partial charge < -0.3 is 19.3 Å². The number of fused-ring (bicyclic) bond motifs is 2. The van der Waals surface area contributed by atoms with Crippen molar-refractivity contribution in [1.82, 2.24) is 0 Å². The molecule has 0 aromatic rings. The van der Waals surface area contributed by atoms with Gasteiger partial charge in [-0.1, -0.05) is 13.8 Å². The number of carbonyl (C=O) groups is 1. The van der Waals surface area contributed by atoms with Crippen molar-refractivity contribution in [3.63, 3.8) is 0 Å². The highest BCUT2D eigenvalue weighted by Gasteiger charge is 2.64. The molecule has 0 aromatic carbocycles. The van der Waals surface area contributed by atoms with Crippen LogP contribution in [-0.4, -0.2) is 53.3 Å². The molecule has 2 fully saturated rings. The lowest BCUT2D eigenvalue weighted by molar-refractivity contribution is -0.178. The normalized spacial score (nSPS) is 39.5. The molecule has 0 radical (unpaired) electrons. The van der Waals surface area contributed by atoms with E-state index >= 15 is 0 Å². The lowest BCUT2D eigenvalue weighted by Crippen LogP contribution is -2.44. The maximum absolute atomic E-state index is 13.2. The molecule has 26 heavy (non-hydrogen) atoms. The maximum atomic E-state index is 13.2. The molecule has 1 heterocycles. The second-order valence-electron chi connectivity index (χ2n) is 8.17. The number of hydrogen-bond donors (Lipinski definition) is 1. The zero-order chi connectivity index (χ0) is 19.1. The van der Waals surface area contributed by atoms with Crippen molar-refractivity contribution in [3.05, 3.63) is 11.0 Å². The Labute approximate surface area is 157 Å². The smallest absolute Gasteiger partial charge is 0.335 e. The molecular formula is C19H30O6S. The fraction of sp³-hybridized carbons (Fsp3) is 0.842. The van der Waals surface area contributed by atoms with Gasteiger partial charge in [0.05, 0.1) is 12.7 Å². The molecule has 6 nitrogen and oxygen atoms in total. The summed E-state index contributed by atoms with van der Waals surface area (Å²) in [7, 11) is 0.179. The van der Waals surface area contributed by atoms with E-state index in [-0.39, 0.29) is 23.9 Å². The van der Waals surface area contributed by atoms with Crippen LogP contribution in [0.1, 0.15) is 46.5 Å². The van der Waals surface area contributed by atoms with E-state index in [1.807, 2.05) is 0 Å². The highest BCUT2D eigenvalue weighted by atomic mass is 32.2. The predicted octanol–water partition coefficient (Wildman–Crippen LogP) is 2.13. The van der Waals surface area contributed by atoms with Gasteiger partial charge in [-0.3, -0.25) is 4.21 Å². The zero-order valence-electron chi connectivity index (χ0n) is 16.0.